The quantitative estimate of drug-likeness (QED) is 0.523. The molecule has 0 radical (unpaired) electrons. The van der Waals surface area contributed by atoms with Crippen LogP contribution in [0, 0.1) is 0 Å². The number of aromatic nitrogens is 3. The molecular formula is C24H23N5O2. The Labute approximate surface area is 180 Å². The molecule has 0 saturated carbocycles. The number of hydrogen-bond acceptors (Lipinski definition) is 7. The Balaban J connectivity index is 1.42. The molecule has 5 rings (SSSR count). The van der Waals surface area contributed by atoms with Crippen LogP contribution in [0.3, 0.4) is 0 Å². The minimum atomic E-state index is 0.743. The predicted octanol–water partition coefficient (Wildman–Crippen LogP) is 4.28. The Kier molecular flexibility index (Phi) is 5.33. The van der Waals surface area contributed by atoms with E-state index < -0.39 is 0 Å². The fraction of sp³-hybridized carbons (Fsp3) is 0.208. The second kappa shape index (κ2) is 8.57. The number of ether oxygens (including phenoxy) is 2. The molecule has 2 aromatic carbocycles. The van der Waals surface area contributed by atoms with E-state index in [1.54, 1.807) is 25.7 Å². The Bertz CT molecular complexity index is 1170. The molecule has 0 aliphatic carbocycles. The van der Waals surface area contributed by atoms with Gasteiger partial charge in [0.25, 0.3) is 0 Å². The topological polar surface area (TPSA) is 72.4 Å². The summed E-state index contributed by atoms with van der Waals surface area (Å²) in [5, 5.41) is 3.45. The highest BCUT2D eigenvalue weighted by Crippen LogP contribution is 2.28. The van der Waals surface area contributed by atoms with Gasteiger partial charge in [0.05, 0.1) is 50.3 Å². The Morgan fingerprint density at radius 1 is 0.935 bits per heavy atom. The molecular weight excluding hydrogens is 390 g/mol. The van der Waals surface area contributed by atoms with E-state index in [-0.39, 0.29) is 0 Å². The van der Waals surface area contributed by atoms with Gasteiger partial charge in [-0.2, -0.15) is 0 Å². The molecule has 7 nitrogen and oxygen atoms in total. The summed E-state index contributed by atoms with van der Waals surface area (Å²) in [6.07, 6.45) is 5.28. The van der Waals surface area contributed by atoms with Crippen molar-refractivity contribution >= 4 is 28.1 Å². The molecule has 0 atom stereocenters. The first kappa shape index (κ1) is 19.3. The Morgan fingerprint density at radius 2 is 1.71 bits per heavy atom. The van der Waals surface area contributed by atoms with E-state index in [2.05, 4.69) is 44.5 Å². The number of pyridine rings is 1. The largest absolute Gasteiger partial charge is 0.497 e. The van der Waals surface area contributed by atoms with Crippen molar-refractivity contribution in [3.05, 3.63) is 67.1 Å². The lowest BCUT2D eigenvalue weighted by atomic mass is 10.1. The van der Waals surface area contributed by atoms with E-state index in [4.69, 9.17) is 14.5 Å². The summed E-state index contributed by atoms with van der Waals surface area (Å²) in [7, 11) is 1.66. The lowest BCUT2D eigenvalue weighted by molar-refractivity contribution is 0.122. The highest BCUT2D eigenvalue weighted by atomic mass is 16.5. The van der Waals surface area contributed by atoms with E-state index in [1.807, 2.05) is 24.3 Å². The highest BCUT2D eigenvalue weighted by molar-refractivity contribution is 5.90. The SMILES string of the molecule is COc1ccc(-c2cnc3cncc(Nc4ccc(N5CCOCC5)cc4)c3n2)cc1. The lowest BCUT2D eigenvalue weighted by Crippen LogP contribution is -2.36. The maximum absolute atomic E-state index is 5.44. The number of methoxy groups -OCH3 is 1. The number of anilines is 3. The third kappa shape index (κ3) is 4.13. The standard InChI is InChI=1S/C24H23N5O2/c1-30-20-8-2-17(3-9-20)21-16-26-22-14-25-15-23(24(22)28-21)27-18-4-6-19(7-5-18)29-10-12-31-13-11-29/h2-9,14-16,27H,10-13H2,1H3. The van der Waals surface area contributed by atoms with Gasteiger partial charge in [-0.05, 0) is 48.5 Å². The zero-order valence-electron chi connectivity index (χ0n) is 17.3. The molecule has 1 saturated heterocycles. The van der Waals surface area contributed by atoms with Crippen molar-refractivity contribution < 1.29 is 9.47 Å². The van der Waals surface area contributed by atoms with Crippen LogP contribution in [0.25, 0.3) is 22.3 Å². The molecule has 7 heteroatoms. The molecule has 0 bridgehead atoms. The van der Waals surface area contributed by atoms with Crippen molar-refractivity contribution in [2.45, 2.75) is 0 Å². The zero-order valence-corrected chi connectivity index (χ0v) is 17.3. The predicted molar refractivity (Wildman–Crippen MR) is 122 cm³/mol. The Hall–Kier alpha value is -3.71. The fourth-order valence-electron chi connectivity index (χ4n) is 3.66. The van der Waals surface area contributed by atoms with E-state index in [9.17, 15) is 0 Å². The molecule has 1 fully saturated rings. The first-order valence-electron chi connectivity index (χ1n) is 10.2. The van der Waals surface area contributed by atoms with Crippen molar-refractivity contribution in [2.75, 3.05) is 43.6 Å². The van der Waals surface area contributed by atoms with Gasteiger partial charge >= 0.3 is 0 Å². The van der Waals surface area contributed by atoms with Crippen LogP contribution in [-0.4, -0.2) is 48.4 Å². The van der Waals surface area contributed by atoms with Crippen LogP contribution in [0.2, 0.25) is 0 Å². The number of benzene rings is 2. The summed E-state index contributed by atoms with van der Waals surface area (Å²) in [6.45, 7) is 3.39. The van der Waals surface area contributed by atoms with Gasteiger partial charge in [0.2, 0.25) is 0 Å². The van der Waals surface area contributed by atoms with Gasteiger partial charge in [0, 0.05) is 30.0 Å². The van der Waals surface area contributed by atoms with Crippen molar-refractivity contribution in [2.24, 2.45) is 0 Å². The summed E-state index contributed by atoms with van der Waals surface area (Å²) in [5.41, 5.74) is 6.29. The molecule has 1 aliphatic heterocycles. The maximum atomic E-state index is 5.44. The fourth-order valence-corrected chi connectivity index (χ4v) is 3.66. The number of hydrogen-bond donors (Lipinski definition) is 1. The Morgan fingerprint density at radius 3 is 2.45 bits per heavy atom. The van der Waals surface area contributed by atoms with Gasteiger partial charge in [-0.15, -0.1) is 0 Å². The number of nitrogens with one attached hydrogen (secondary N) is 1. The van der Waals surface area contributed by atoms with Crippen molar-refractivity contribution in [3.8, 4) is 17.0 Å². The molecule has 0 unspecified atom stereocenters. The minimum absolute atomic E-state index is 0.743. The molecule has 0 amide bonds. The van der Waals surface area contributed by atoms with E-state index in [0.29, 0.717) is 0 Å². The summed E-state index contributed by atoms with van der Waals surface area (Å²) in [4.78, 5) is 16.1. The van der Waals surface area contributed by atoms with E-state index >= 15 is 0 Å². The molecule has 3 heterocycles. The number of morpholine rings is 1. The number of nitrogens with zero attached hydrogens (tertiary/aromatic N) is 4. The van der Waals surface area contributed by atoms with Crippen LogP contribution in [-0.2, 0) is 4.74 Å². The third-order valence-corrected chi connectivity index (χ3v) is 5.36. The molecule has 0 spiro atoms. The van der Waals surface area contributed by atoms with Crippen molar-refractivity contribution in [1.82, 2.24) is 15.0 Å². The van der Waals surface area contributed by atoms with Gasteiger partial charge < -0.3 is 19.7 Å². The summed E-state index contributed by atoms with van der Waals surface area (Å²) in [6, 6.07) is 16.2. The van der Waals surface area contributed by atoms with Crippen LogP contribution in [0.15, 0.2) is 67.1 Å². The smallest absolute Gasteiger partial charge is 0.118 e. The normalized spacial score (nSPS) is 13.9. The maximum Gasteiger partial charge on any atom is 0.118 e. The molecule has 1 aliphatic rings. The van der Waals surface area contributed by atoms with Crippen molar-refractivity contribution in [1.29, 1.82) is 0 Å². The van der Waals surface area contributed by atoms with Gasteiger partial charge in [-0.3, -0.25) is 9.97 Å². The minimum Gasteiger partial charge on any atom is -0.497 e. The molecule has 31 heavy (non-hydrogen) atoms. The van der Waals surface area contributed by atoms with Crippen LogP contribution in [0.1, 0.15) is 0 Å². The first-order valence-corrected chi connectivity index (χ1v) is 10.2. The zero-order chi connectivity index (χ0) is 21.0. The van der Waals surface area contributed by atoms with E-state index in [0.717, 1.165) is 65.7 Å². The van der Waals surface area contributed by atoms with Crippen LogP contribution in [0.5, 0.6) is 5.75 Å². The van der Waals surface area contributed by atoms with E-state index in [1.165, 1.54) is 5.69 Å². The van der Waals surface area contributed by atoms with Gasteiger partial charge in [0.1, 0.15) is 16.8 Å². The first-order chi connectivity index (χ1) is 15.3. The second-order valence-electron chi connectivity index (χ2n) is 7.31. The highest BCUT2D eigenvalue weighted by Gasteiger charge is 2.12. The summed E-state index contributed by atoms with van der Waals surface area (Å²) < 4.78 is 10.7. The van der Waals surface area contributed by atoms with Crippen LogP contribution in [0.4, 0.5) is 17.1 Å². The number of fused-ring (bicyclic) bond motifs is 1. The van der Waals surface area contributed by atoms with Gasteiger partial charge in [-0.25, -0.2) is 4.98 Å². The average molecular weight is 413 g/mol. The lowest BCUT2D eigenvalue weighted by Gasteiger charge is -2.28. The molecule has 4 aromatic rings. The monoisotopic (exact) mass is 413 g/mol. The third-order valence-electron chi connectivity index (χ3n) is 5.36. The number of rotatable bonds is 5. The molecule has 156 valence electrons. The summed E-state index contributed by atoms with van der Waals surface area (Å²) >= 11 is 0. The molecule has 1 N–H and O–H groups in total. The van der Waals surface area contributed by atoms with Gasteiger partial charge in [0.15, 0.2) is 0 Å². The molecule has 2 aromatic heterocycles. The van der Waals surface area contributed by atoms with Crippen LogP contribution >= 0.6 is 0 Å². The second-order valence-corrected chi connectivity index (χ2v) is 7.31. The van der Waals surface area contributed by atoms with Crippen LogP contribution < -0.4 is 15.0 Å². The summed E-state index contributed by atoms with van der Waals surface area (Å²) in [5.74, 6) is 0.810. The van der Waals surface area contributed by atoms with Crippen molar-refractivity contribution in [3.63, 3.8) is 0 Å². The van der Waals surface area contributed by atoms with Gasteiger partial charge in [-0.1, -0.05) is 0 Å². The average Bonchev–Trinajstić information content (AvgIpc) is 2.85.